The van der Waals surface area contributed by atoms with Gasteiger partial charge in [0.25, 0.3) is 5.91 Å². The first-order valence-electron chi connectivity index (χ1n) is 6.45. The van der Waals surface area contributed by atoms with Gasteiger partial charge >= 0.3 is 0 Å². The number of amides is 1. The third-order valence-electron chi connectivity index (χ3n) is 2.74. The SMILES string of the molecule is CCOc1ccc(C(=O)NNc2c(Cl)cc(Cl)cc2Cl)cc1. The summed E-state index contributed by atoms with van der Waals surface area (Å²) in [6, 6.07) is 9.82. The summed E-state index contributed by atoms with van der Waals surface area (Å²) in [5.74, 6) is 0.376. The van der Waals surface area contributed by atoms with Gasteiger partial charge < -0.3 is 4.74 Å². The van der Waals surface area contributed by atoms with Crippen molar-refractivity contribution in [2.75, 3.05) is 12.0 Å². The van der Waals surface area contributed by atoms with Gasteiger partial charge in [-0.2, -0.15) is 0 Å². The Morgan fingerprint density at radius 2 is 1.68 bits per heavy atom. The molecule has 0 aliphatic carbocycles. The molecule has 2 aromatic carbocycles. The van der Waals surface area contributed by atoms with Gasteiger partial charge in [0.1, 0.15) is 5.75 Å². The predicted molar refractivity (Wildman–Crippen MR) is 90.2 cm³/mol. The molecule has 0 saturated carbocycles. The molecule has 4 nitrogen and oxygen atoms in total. The Hall–Kier alpha value is -1.62. The lowest BCUT2D eigenvalue weighted by Gasteiger charge is -2.12. The van der Waals surface area contributed by atoms with Crippen LogP contribution in [-0.2, 0) is 0 Å². The third-order valence-corrected chi connectivity index (χ3v) is 3.55. The molecule has 0 fully saturated rings. The number of anilines is 1. The lowest BCUT2D eigenvalue weighted by atomic mass is 10.2. The van der Waals surface area contributed by atoms with E-state index in [1.165, 1.54) is 12.1 Å². The molecule has 0 bridgehead atoms. The molecule has 0 unspecified atom stereocenters. The van der Waals surface area contributed by atoms with Gasteiger partial charge in [-0.3, -0.25) is 15.6 Å². The van der Waals surface area contributed by atoms with Gasteiger partial charge in [0, 0.05) is 10.6 Å². The molecule has 0 aliphatic heterocycles. The molecule has 0 aliphatic rings. The van der Waals surface area contributed by atoms with Crippen LogP contribution in [0.25, 0.3) is 0 Å². The average Bonchev–Trinajstić information content (AvgIpc) is 2.47. The normalized spacial score (nSPS) is 10.2. The van der Waals surface area contributed by atoms with Crippen molar-refractivity contribution in [3.63, 3.8) is 0 Å². The molecule has 2 aromatic rings. The van der Waals surface area contributed by atoms with Crippen molar-refractivity contribution in [1.29, 1.82) is 0 Å². The molecule has 0 atom stereocenters. The Morgan fingerprint density at radius 1 is 1.09 bits per heavy atom. The van der Waals surface area contributed by atoms with Crippen LogP contribution in [0.15, 0.2) is 36.4 Å². The van der Waals surface area contributed by atoms with Crippen molar-refractivity contribution < 1.29 is 9.53 Å². The summed E-state index contributed by atoms with van der Waals surface area (Å²) in [6.45, 7) is 2.46. The van der Waals surface area contributed by atoms with E-state index in [0.717, 1.165) is 0 Å². The number of ether oxygens (including phenoxy) is 1. The van der Waals surface area contributed by atoms with Crippen LogP contribution < -0.4 is 15.6 Å². The minimum atomic E-state index is -0.329. The second-order valence-corrected chi connectivity index (χ2v) is 5.53. The Labute approximate surface area is 143 Å². The Kier molecular flexibility index (Phi) is 5.77. The highest BCUT2D eigenvalue weighted by Crippen LogP contribution is 2.33. The number of carbonyl (C=O) groups is 1. The first-order valence-corrected chi connectivity index (χ1v) is 7.58. The highest BCUT2D eigenvalue weighted by atomic mass is 35.5. The summed E-state index contributed by atoms with van der Waals surface area (Å²) >= 11 is 17.9. The minimum absolute atomic E-state index is 0.310. The fourth-order valence-electron chi connectivity index (χ4n) is 1.72. The van der Waals surface area contributed by atoms with Gasteiger partial charge in [0.2, 0.25) is 0 Å². The molecule has 0 radical (unpaired) electrons. The van der Waals surface area contributed by atoms with E-state index in [-0.39, 0.29) is 5.91 Å². The number of hydrogen-bond acceptors (Lipinski definition) is 3. The van der Waals surface area contributed by atoms with Gasteiger partial charge in [-0.25, -0.2) is 0 Å². The Morgan fingerprint density at radius 3 is 2.23 bits per heavy atom. The molecule has 2 rings (SSSR count). The van der Waals surface area contributed by atoms with Crippen LogP contribution >= 0.6 is 34.8 Å². The second-order valence-electron chi connectivity index (χ2n) is 4.28. The molecule has 0 saturated heterocycles. The number of nitrogens with one attached hydrogen (secondary N) is 2. The van der Waals surface area contributed by atoms with Crippen molar-refractivity contribution >= 4 is 46.4 Å². The summed E-state index contributed by atoms with van der Waals surface area (Å²) in [5.41, 5.74) is 6.07. The van der Waals surface area contributed by atoms with Crippen molar-refractivity contribution in [1.82, 2.24) is 5.43 Å². The maximum absolute atomic E-state index is 12.1. The monoisotopic (exact) mass is 358 g/mol. The summed E-state index contributed by atoms with van der Waals surface area (Å²) in [4.78, 5) is 12.1. The van der Waals surface area contributed by atoms with Gasteiger partial charge in [-0.1, -0.05) is 34.8 Å². The number of hydrogen-bond donors (Lipinski definition) is 2. The lowest BCUT2D eigenvalue weighted by Crippen LogP contribution is -2.29. The number of benzene rings is 2. The molecule has 0 spiro atoms. The molecule has 0 heterocycles. The Balaban J connectivity index is 2.04. The van der Waals surface area contributed by atoms with Crippen LogP contribution in [0.5, 0.6) is 5.75 Å². The van der Waals surface area contributed by atoms with Crippen LogP contribution in [-0.4, -0.2) is 12.5 Å². The topological polar surface area (TPSA) is 50.4 Å². The van der Waals surface area contributed by atoms with Crippen LogP contribution in [0.1, 0.15) is 17.3 Å². The van der Waals surface area contributed by atoms with E-state index < -0.39 is 0 Å². The van der Waals surface area contributed by atoms with E-state index in [1.807, 2.05) is 6.92 Å². The molecule has 1 amide bonds. The highest BCUT2D eigenvalue weighted by Gasteiger charge is 2.10. The summed E-state index contributed by atoms with van der Waals surface area (Å²) < 4.78 is 5.32. The number of halogens is 3. The number of rotatable bonds is 5. The van der Waals surface area contributed by atoms with E-state index in [1.54, 1.807) is 24.3 Å². The van der Waals surface area contributed by atoms with Gasteiger partial charge in [-0.05, 0) is 43.3 Å². The van der Waals surface area contributed by atoms with E-state index in [2.05, 4.69) is 10.9 Å². The van der Waals surface area contributed by atoms with E-state index in [4.69, 9.17) is 39.5 Å². The summed E-state index contributed by atoms with van der Waals surface area (Å²) in [6.07, 6.45) is 0. The van der Waals surface area contributed by atoms with Crippen molar-refractivity contribution in [2.45, 2.75) is 6.92 Å². The van der Waals surface area contributed by atoms with Crippen molar-refractivity contribution in [2.24, 2.45) is 0 Å². The molecule has 2 N–H and O–H groups in total. The van der Waals surface area contributed by atoms with E-state index in [9.17, 15) is 4.79 Å². The Bertz CT molecular complexity index is 652. The highest BCUT2D eigenvalue weighted by molar-refractivity contribution is 6.41. The molecular weight excluding hydrogens is 347 g/mol. The van der Waals surface area contributed by atoms with Gasteiger partial charge in [-0.15, -0.1) is 0 Å². The van der Waals surface area contributed by atoms with Crippen LogP contribution in [0.3, 0.4) is 0 Å². The zero-order valence-electron chi connectivity index (χ0n) is 11.6. The fraction of sp³-hybridized carbons (Fsp3) is 0.133. The van der Waals surface area contributed by atoms with Gasteiger partial charge in [0.05, 0.1) is 22.3 Å². The zero-order chi connectivity index (χ0) is 16.1. The quantitative estimate of drug-likeness (QED) is 0.754. The molecule has 22 heavy (non-hydrogen) atoms. The van der Waals surface area contributed by atoms with E-state index in [0.29, 0.717) is 38.7 Å². The van der Waals surface area contributed by atoms with Crippen LogP contribution in [0, 0.1) is 0 Å². The maximum atomic E-state index is 12.1. The van der Waals surface area contributed by atoms with Crippen molar-refractivity contribution in [3.8, 4) is 5.75 Å². The minimum Gasteiger partial charge on any atom is -0.494 e. The maximum Gasteiger partial charge on any atom is 0.269 e. The zero-order valence-corrected chi connectivity index (χ0v) is 13.9. The summed E-state index contributed by atoms with van der Waals surface area (Å²) in [7, 11) is 0. The molecule has 116 valence electrons. The fourth-order valence-corrected chi connectivity index (χ4v) is 2.63. The molecular formula is C15H13Cl3N2O2. The first kappa shape index (κ1) is 16.7. The van der Waals surface area contributed by atoms with E-state index >= 15 is 0 Å². The first-order chi connectivity index (χ1) is 10.5. The lowest BCUT2D eigenvalue weighted by molar-refractivity contribution is 0.0962. The largest absolute Gasteiger partial charge is 0.494 e. The van der Waals surface area contributed by atoms with Crippen LogP contribution in [0.2, 0.25) is 15.1 Å². The van der Waals surface area contributed by atoms with Crippen molar-refractivity contribution in [3.05, 3.63) is 57.0 Å². The average molecular weight is 360 g/mol. The number of carbonyl (C=O) groups excluding carboxylic acids is 1. The standard InChI is InChI=1S/C15H13Cl3N2O2/c1-2-22-11-5-3-9(4-6-11)15(21)20-19-14-12(17)7-10(16)8-13(14)18/h3-8,19H,2H2,1H3,(H,20,21). The molecule has 7 heteroatoms. The smallest absolute Gasteiger partial charge is 0.269 e. The third kappa shape index (κ3) is 4.19. The summed E-state index contributed by atoms with van der Waals surface area (Å²) in [5, 5.41) is 1.03. The van der Waals surface area contributed by atoms with Crippen LogP contribution in [0.4, 0.5) is 5.69 Å². The number of hydrazine groups is 1. The predicted octanol–water partition coefficient (Wildman–Crippen LogP) is 4.80. The second kappa shape index (κ2) is 7.58. The molecule has 0 aromatic heterocycles. The van der Waals surface area contributed by atoms with Gasteiger partial charge in [0.15, 0.2) is 0 Å².